The van der Waals surface area contributed by atoms with Crippen molar-refractivity contribution in [3.05, 3.63) is 35.4 Å². The van der Waals surface area contributed by atoms with E-state index >= 15 is 0 Å². The highest BCUT2D eigenvalue weighted by Crippen LogP contribution is 2.21. The highest BCUT2D eigenvalue weighted by atomic mass is 16.4. The molecule has 2 rings (SSSR count). The Morgan fingerprint density at radius 1 is 1.35 bits per heavy atom. The van der Waals surface area contributed by atoms with Crippen LogP contribution in [0, 0.1) is 0 Å². The van der Waals surface area contributed by atoms with Gasteiger partial charge in [-0.15, -0.1) is 0 Å². The molecule has 0 aliphatic heterocycles. The Bertz CT molecular complexity index is 502. The van der Waals surface area contributed by atoms with Crippen molar-refractivity contribution in [2.24, 2.45) is 0 Å². The summed E-state index contributed by atoms with van der Waals surface area (Å²) in [7, 11) is 1.62. The summed E-state index contributed by atoms with van der Waals surface area (Å²) in [6, 6.07) is 8.22. The number of benzene rings is 1. The Morgan fingerprint density at radius 2 is 2.05 bits per heavy atom. The minimum atomic E-state index is -0.892. The molecule has 0 heterocycles. The van der Waals surface area contributed by atoms with Gasteiger partial charge in [0.1, 0.15) is 0 Å². The number of hydrogen-bond acceptors (Lipinski definition) is 2. The fourth-order valence-corrected chi connectivity index (χ4v) is 2.47. The molecule has 1 unspecified atom stereocenters. The van der Waals surface area contributed by atoms with Gasteiger partial charge in [-0.2, -0.15) is 0 Å². The van der Waals surface area contributed by atoms with Gasteiger partial charge in [0.25, 0.3) is 0 Å². The quantitative estimate of drug-likeness (QED) is 0.878. The van der Waals surface area contributed by atoms with Crippen LogP contribution in [0.15, 0.2) is 24.3 Å². The van der Waals surface area contributed by atoms with Crippen molar-refractivity contribution in [2.75, 3.05) is 13.6 Å². The number of fused-ring (bicyclic) bond motifs is 1. The third-order valence-corrected chi connectivity index (χ3v) is 3.68. The largest absolute Gasteiger partial charge is 0.481 e. The van der Waals surface area contributed by atoms with E-state index in [1.54, 1.807) is 7.05 Å². The Balaban J connectivity index is 1.85. The van der Waals surface area contributed by atoms with Crippen LogP contribution in [0.2, 0.25) is 0 Å². The molecule has 0 radical (unpaired) electrons. The fraction of sp³-hybridized carbons (Fsp3) is 0.467. The van der Waals surface area contributed by atoms with Gasteiger partial charge in [-0.05, 0) is 30.4 Å². The summed E-state index contributed by atoms with van der Waals surface area (Å²) < 4.78 is 0. The average Bonchev–Trinajstić information content (AvgIpc) is 2.44. The maximum absolute atomic E-state index is 12.0. The maximum Gasteiger partial charge on any atom is 0.317 e. The Hall–Kier alpha value is -2.04. The maximum atomic E-state index is 12.0. The lowest BCUT2D eigenvalue weighted by Crippen LogP contribution is -2.45. The molecule has 0 aromatic heterocycles. The van der Waals surface area contributed by atoms with Crippen LogP contribution in [0.4, 0.5) is 4.79 Å². The van der Waals surface area contributed by atoms with Crippen LogP contribution in [0.3, 0.4) is 0 Å². The van der Waals surface area contributed by atoms with Gasteiger partial charge in [0.2, 0.25) is 0 Å². The molecule has 1 aliphatic carbocycles. The molecule has 0 saturated heterocycles. The molecule has 5 nitrogen and oxygen atoms in total. The standard InChI is InChI=1S/C15H20N2O3/c1-17(9-8-14(18)19)15(20)16-13-7-6-11-4-2-3-5-12(11)10-13/h2-5,13H,6-10H2,1H3,(H,16,20)(H,18,19). The summed E-state index contributed by atoms with van der Waals surface area (Å²) in [5.41, 5.74) is 2.65. The van der Waals surface area contributed by atoms with E-state index in [1.165, 1.54) is 16.0 Å². The summed E-state index contributed by atoms with van der Waals surface area (Å²) in [5, 5.41) is 11.6. The van der Waals surface area contributed by atoms with Crippen LogP contribution in [0.25, 0.3) is 0 Å². The van der Waals surface area contributed by atoms with Gasteiger partial charge in [-0.25, -0.2) is 4.79 Å². The van der Waals surface area contributed by atoms with E-state index in [4.69, 9.17) is 5.11 Å². The van der Waals surface area contributed by atoms with Crippen molar-refractivity contribution in [3.8, 4) is 0 Å². The number of carboxylic acids is 1. The van der Waals surface area contributed by atoms with E-state index in [1.807, 2.05) is 12.1 Å². The Morgan fingerprint density at radius 3 is 2.75 bits per heavy atom. The summed E-state index contributed by atoms with van der Waals surface area (Å²) in [4.78, 5) is 23.9. The zero-order chi connectivity index (χ0) is 14.5. The molecule has 2 amide bonds. The van der Waals surface area contributed by atoms with Gasteiger partial charge in [0.15, 0.2) is 0 Å². The predicted octanol–water partition coefficient (Wildman–Crippen LogP) is 1.66. The second-order valence-electron chi connectivity index (χ2n) is 5.22. The van der Waals surface area contributed by atoms with E-state index in [0.29, 0.717) is 0 Å². The second-order valence-corrected chi connectivity index (χ2v) is 5.22. The van der Waals surface area contributed by atoms with E-state index < -0.39 is 5.97 Å². The number of urea groups is 1. The Kier molecular flexibility index (Phi) is 4.61. The van der Waals surface area contributed by atoms with Crippen molar-refractivity contribution in [2.45, 2.75) is 31.7 Å². The third kappa shape index (κ3) is 3.73. The number of aryl methyl sites for hydroxylation is 1. The number of rotatable bonds is 4. The van der Waals surface area contributed by atoms with E-state index in [9.17, 15) is 9.59 Å². The van der Waals surface area contributed by atoms with E-state index in [2.05, 4.69) is 17.4 Å². The van der Waals surface area contributed by atoms with E-state index in [-0.39, 0.29) is 25.0 Å². The Labute approximate surface area is 118 Å². The summed E-state index contributed by atoms with van der Waals surface area (Å²) in [6.45, 7) is 0.227. The van der Waals surface area contributed by atoms with Gasteiger partial charge in [-0.3, -0.25) is 4.79 Å². The molecule has 5 heteroatoms. The number of carboxylic acid groups (broad SMARTS) is 1. The van der Waals surface area contributed by atoms with Gasteiger partial charge in [-0.1, -0.05) is 24.3 Å². The molecule has 1 aromatic rings. The molecular weight excluding hydrogens is 256 g/mol. The SMILES string of the molecule is CN(CCC(=O)O)C(=O)NC1CCc2ccccc2C1. The summed E-state index contributed by atoms with van der Waals surface area (Å²) >= 11 is 0. The van der Waals surface area contributed by atoms with Crippen molar-refractivity contribution in [1.29, 1.82) is 0 Å². The summed E-state index contributed by atoms with van der Waals surface area (Å²) in [6.07, 6.45) is 2.71. The molecule has 108 valence electrons. The minimum absolute atomic E-state index is 0.0303. The van der Waals surface area contributed by atoms with Gasteiger partial charge >= 0.3 is 12.0 Å². The number of carbonyl (C=O) groups is 2. The van der Waals surface area contributed by atoms with Crippen LogP contribution < -0.4 is 5.32 Å². The molecule has 1 aliphatic rings. The van der Waals surface area contributed by atoms with Crippen molar-refractivity contribution >= 4 is 12.0 Å². The number of aliphatic carboxylic acids is 1. The molecule has 0 spiro atoms. The molecule has 1 atom stereocenters. The fourth-order valence-electron chi connectivity index (χ4n) is 2.47. The van der Waals surface area contributed by atoms with Crippen molar-refractivity contribution in [1.82, 2.24) is 10.2 Å². The molecule has 0 fully saturated rings. The van der Waals surface area contributed by atoms with Crippen LogP contribution in [-0.4, -0.2) is 41.6 Å². The number of carbonyl (C=O) groups excluding carboxylic acids is 1. The molecule has 1 aromatic carbocycles. The first-order chi connectivity index (χ1) is 9.56. The van der Waals surface area contributed by atoms with Crippen molar-refractivity contribution in [3.63, 3.8) is 0 Å². The predicted molar refractivity (Wildman–Crippen MR) is 75.7 cm³/mol. The lowest BCUT2D eigenvalue weighted by molar-refractivity contribution is -0.137. The first kappa shape index (κ1) is 14.4. The molecular formula is C15H20N2O3. The first-order valence-electron chi connectivity index (χ1n) is 6.86. The topological polar surface area (TPSA) is 69.6 Å². The highest BCUT2D eigenvalue weighted by molar-refractivity contribution is 5.75. The monoisotopic (exact) mass is 276 g/mol. The van der Waals surface area contributed by atoms with Gasteiger partial charge in [0, 0.05) is 19.6 Å². The zero-order valence-corrected chi connectivity index (χ0v) is 11.6. The second kappa shape index (κ2) is 6.41. The number of nitrogens with one attached hydrogen (secondary N) is 1. The highest BCUT2D eigenvalue weighted by Gasteiger charge is 2.21. The van der Waals surface area contributed by atoms with Crippen LogP contribution in [0.1, 0.15) is 24.0 Å². The molecule has 20 heavy (non-hydrogen) atoms. The normalized spacial score (nSPS) is 17.1. The number of hydrogen-bond donors (Lipinski definition) is 2. The minimum Gasteiger partial charge on any atom is -0.481 e. The van der Waals surface area contributed by atoms with Crippen LogP contribution in [-0.2, 0) is 17.6 Å². The summed E-state index contributed by atoms with van der Waals surface area (Å²) in [5.74, 6) is -0.892. The third-order valence-electron chi connectivity index (χ3n) is 3.68. The lowest BCUT2D eigenvalue weighted by Gasteiger charge is -2.27. The first-order valence-corrected chi connectivity index (χ1v) is 6.86. The number of amides is 2. The number of nitrogens with zero attached hydrogens (tertiary/aromatic N) is 1. The molecule has 0 bridgehead atoms. The smallest absolute Gasteiger partial charge is 0.317 e. The molecule has 2 N–H and O–H groups in total. The molecule has 0 saturated carbocycles. The van der Waals surface area contributed by atoms with Crippen molar-refractivity contribution < 1.29 is 14.7 Å². The van der Waals surface area contributed by atoms with Crippen LogP contribution >= 0.6 is 0 Å². The zero-order valence-electron chi connectivity index (χ0n) is 11.6. The van der Waals surface area contributed by atoms with Crippen LogP contribution in [0.5, 0.6) is 0 Å². The lowest BCUT2D eigenvalue weighted by atomic mass is 9.88. The van der Waals surface area contributed by atoms with Gasteiger partial charge in [0.05, 0.1) is 6.42 Å². The average molecular weight is 276 g/mol. The van der Waals surface area contributed by atoms with Gasteiger partial charge < -0.3 is 15.3 Å². The van der Waals surface area contributed by atoms with E-state index in [0.717, 1.165) is 19.3 Å².